The Balaban J connectivity index is 2.17. The van der Waals surface area contributed by atoms with Gasteiger partial charge in [-0.2, -0.15) is 5.10 Å². The van der Waals surface area contributed by atoms with E-state index in [9.17, 15) is 4.79 Å². The van der Waals surface area contributed by atoms with E-state index in [0.717, 1.165) is 28.2 Å². The van der Waals surface area contributed by atoms with Crippen LogP contribution in [-0.2, 0) is 0 Å². The number of hydrogen-bond donors (Lipinski definition) is 1. The number of rotatable bonds is 3. The molecule has 0 saturated heterocycles. The van der Waals surface area contributed by atoms with Gasteiger partial charge in [-0.05, 0) is 40.2 Å². The fourth-order valence-electron chi connectivity index (χ4n) is 2.90. The zero-order valence-corrected chi connectivity index (χ0v) is 14.7. The molecule has 0 aliphatic carbocycles. The van der Waals surface area contributed by atoms with Crippen LogP contribution >= 0.6 is 0 Å². The standard InChI is InChI=1S/C19H22N4O/c1-11(2)21-19(24)16-10-20-18-17(13(4)22-23(18)14(16)5)15-8-6-7-12(3)9-15/h6-11H,1-5H3,(H,21,24). The number of amides is 1. The van der Waals surface area contributed by atoms with E-state index in [1.807, 2.05) is 33.8 Å². The van der Waals surface area contributed by atoms with Gasteiger partial charge in [-0.1, -0.05) is 29.8 Å². The molecule has 24 heavy (non-hydrogen) atoms. The smallest absolute Gasteiger partial charge is 0.254 e. The van der Waals surface area contributed by atoms with E-state index < -0.39 is 0 Å². The molecular formula is C19H22N4O. The molecule has 0 atom stereocenters. The van der Waals surface area contributed by atoms with Crippen molar-refractivity contribution in [3.8, 4) is 11.1 Å². The molecule has 2 heterocycles. The fourth-order valence-corrected chi connectivity index (χ4v) is 2.90. The summed E-state index contributed by atoms with van der Waals surface area (Å²) in [7, 11) is 0. The van der Waals surface area contributed by atoms with Crippen molar-refractivity contribution < 1.29 is 4.79 Å². The Labute approximate surface area is 141 Å². The lowest BCUT2D eigenvalue weighted by Crippen LogP contribution is -2.31. The van der Waals surface area contributed by atoms with Crippen molar-refractivity contribution in [1.29, 1.82) is 0 Å². The highest BCUT2D eigenvalue weighted by Gasteiger charge is 2.19. The second kappa shape index (κ2) is 6.07. The summed E-state index contributed by atoms with van der Waals surface area (Å²) in [5.74, 6) is -0.123. The monoisotopic (exact) mass is 322 g/mol. The predicted molar refractivity (Wildman–Crippen MR) is 95.2 cm³/mol. The molecule has 1 amide bonds. The molecule has 0 saturated carbocycles. The Morgan fingerprint density at radius 1 is 1.21 bits per heavy atom. The summed E-state index contributed by atoms with van der Waals surface area (Å²) >= 11 is 0. The lowest BCUT2D eigenvalue weighted by atomic mass is 10.0. The summed E-state index contributed by atoms with van der Waals surface area (Å²) in [5, 5.41) is 7.52. The van der Waals surface area contributed by atoms with Gasteiger partial charge in [-0.25, -0.2) is 9.50 Å². The van der Waals surface area contributed by atoms with Crippen molar-refractivity contribution in [2.45, 2.75) is 40.7 Å². The van der Waals surface area contributed by atoms with Crippen molar-refractivity contribution >= 4 is 11.6 Å². The normalized spacial score (nSPS) is 11.2. The molecule has 124 valence electrons. The van der Waals surface area contributed by atoms with E-state index in [0.29, 0.717) is 5.56 Å². The number of nitrogens with one attached hydrogen (secondary N) is 1. The Bertz CT molecular complexity index is 925. The van der Waals surface area contributed by atoms with Crippen LogP contribution in [0.4, 0.5) is 0 Å². The quantitative estimate of drug-likeness (QED) is 0.803. The first-order valence-corrected chi connectivity index (χ1v) is 8.11. The van der Waals surface area contributed by atoms with Gasteiger partial charge in [0.05, 0.1) is 17.0 Å². The summed E-state index contributed by atoms with van der Waals surface area (Å²) in [4.78, 5) is 16.9. The van der Waals surface area contributed by atoms with Gasteiger partial charge in [-0.15, -0.1) is 0 Å². The van der Waals surface area contributed by atoms with Crippen LogP contribution in [0.25, 0.3) is 16.8 Å². The van der Waals surface area contributed by atoms with Crippen LogP contribution in [-0.4, -0.2) is 26.5 Å². The van der Waals surface area contributed by atoms with E-state index in [4.69, 9.17) is 0 Å². The van der Waals surface area contributed by atoms with Crippen LogP contribution in [0, 0.1) is 20.8 Å². The zero-order chi connectivity index (χ0) is 17.4. The minimum Gasteiger partial charge on any atom is -0.350 e. The lowest BCUT2D eigenvalue weighted by Gasteiger charge is -2.11. The molecule has 0 spiro atoms. The third kappa shape index (κ3) is 2.77. The largest absolute Gasteiger partial charge is 0.350 e. The molecule has 3 rings (SSSR count). The fraction of sp³-hybridized carbons (Fsp3) is 0.316. The molecule has 3 aromatic rings. The van der Waals surface area contributed by atoms with Crippen molar-refractivity contribution in [3.05, 3.63) is 53.0 Å². The number of hydrogen-bond acceptors (Lipinski definition) is 3. The van der Waals surface area contributed by atoms with Gasteiger partial charge in [-0.3, -0.25) is 4.79 Å². The third-order valence-electron chi connectivity index (χ3n) is 4.03. The maximum absolute atomic E-state index is 12.3. The van der Waals surface area contributed by atoms with Crippen molar-refractivity contribution in [2.24, 2.45) is 0 Å². The van der Waals surface area contributed by atoms with Crippen LogP contribution in [0.1, 0.15) is 41.2 Å². The SMILES string of the molecule is Cc1cccc(-c2c(C)nn3c(C)c(C(=O)NC(C)C)cnc23)c1. The minimum absolute atomic E-state index is 0.0785. The van der Waals surface area contributed by atoms with Gasteiger partial charge in [0.2, 0.25) is 0 Å². The van der Waals surface area contributed by atoms with Crippen molar-refractivity contribution in [2.75, 3.05) is 0 Å². The average Bonchev–Trinajstić information content (AvgIpc) is 2.84. The molecule has 2 aromatic heterocycles. The molecule has 5 heteroatoms. The van der Waals surface area contributed by atoms with Gasteiger partial charge in [0, 0.05) is 17.8 Å². The van der Waals surface area contributed by atoms with E-state index in [2.05, 4.69) is 40.5 Å². The summed E-state index contributed by atoms with van der Waals surface area (Å²) in [6.45, 7) is 9.81. The molecule has 5 nitrogen and oxygen atoms in total. The summed E-state index contributed by atoms with van der Waals surface area (Å²) in [5.41, 5.74) is 6.31. The third-order valence-corrected chi connectivity index (χ3v) is 4.03. The van der Waals surface area contributed by atoms with E-state index in [1.165, 1.54) is 5.56 Å². The number of benzene rings is 1. The molecular weight excluding hydrogens is 300 g/mol. The maximum Gasteiger partial charge on any atom is 0.254 e. The topological polar surface area (TPSA) is 59.3 Å². The van der Waals surface area contributed by atoms with Crippen LogP contribution in [0.15, 0.2) is 30.5 Å². The first-order valence-electron chi connectivity index (χ1n) is 8.11. The number of nitrogens with zero attached hydrogens (tertiary/aromatic N) is 3. The summed E-state index contributed by atoms with van der Waals surface area (Å²) in [6.07, 6.45) is 1.64. The van der Waals surface area contributed by atoms with Gasteiger partial charge >= 0.3 is 0 Å². The maximum atomic E-state index is 12.3. The van der Waals surface area contributed by atoms with Crippen LogP contribution in [0.5, 0.6) is 0 Å². The number of carbonyl (C=O) groups excluding carboxylic acids is 1. The number of aromatic nitrogens is 3. The van der Waals surface area contributed by atoms with E-state index in [-0.39, 0.29) is 11.9 Å². The van der Waals surface area contributed by atoms with Crippen LogP contribution < -0.4 is 5.32 Å². The van der Waals surface area contributed by atoms with Crippen LogP contribution in [0.2, 0.25) is 0 Å². The number of carbonyl (C=O) groups is 1. The Kier molecular flexibility index (Phi) is 4.09. The van der Waals surface area contributed by atoms with E-state index in [1.54, 1.807) is 10.7 Å². The summed E-state index contributed by atoms with van der Waals surface area (Å²) in [6, 6.07) is 8.37. The first-order chi connectivity index (χ1) is 11.4. The van der Waals surface area contributed by atoms with E-state index >= 15 is 0 Å². The molecule has 0 bridgehead atoms. The molecule has 0 aliphatic rings. The van der Waals surface area contributed by atoms with Gasteiger partial charge < -0.3 is 5.32 Å². The van der Waals surface area contributed by atoms with Crippen molar-refractivity contribution in [3.63, 3.8) is 0 Å². The molecule has 1 aromatic carbocycles. The number of fused-ring (bicyclic) bond motifs is 1. The molecule has 0 radical (unpaired) electrons. The highest BCUT2D eigenvalue weighted by atomic mass is 16.1. The molecule has 0 unspecified atom stereocenters. The summed E-state index contributed by atoms with van der Waals surface area (Å²) < 4.78 is 1.77. The zero-order valence-electron chi connectivity index (χ0n) is 14.7. The molecule has 0 fully saturated rings. The first kappa shape index (κ1) is 16.2. The van der Waals surface area contributed by atoms with Gasteiger partial charge in [0.25, 0.3) is 5.91 Å². The van der Waals surface area contributed by atoms with Crippen LogP contribution in [0.3, 0.4) is 0 Å². The Hall–Kier alpha value is -2.69. The van der Waals surface area contributed by atoms with Gasteiger partial charge in [0.1, 0.15) is 0 Å². The minimum atomic E-state index is -0.123. The van der Waals surface area contributed by atoms with Gasteiger partial charge in [0.15, 0.2) is 5.65 Å². The molecule has 0 aliphatic heterocycles. The second-order valence-corrected chi connectivity index (χ2v) is 6.45. The van der Waals surface area contributed by atoms with Crippen molar-refractivity contribution in [1.82, 2.24) is 19.9 Å². The average molecular weight is 322 g/mol. The highest BCUT2D eigenvalue weighted by molar-refractivity contribution is 5.95. The Morgan fingerprint density at radius 2 is 1.96 bits per heavy atom. The number of aryl methyl sites for hydroxylation is 3. The lowest BCUT2D eigenvalue weighted by molar-refractivity contribution is 0.0941. The second-order valence-electron chi connectivity index (χ2n) is 6.45. The highest BCUT2D eigenvalue weighted by Crippen LogP contribution is 2.28. The molecule has 1 N–H and O–H groups in total. The Morgan fingerprint density at radius 3 is 2.62 bits per heavy atom. The predicted octanol–water partition coefficient (Wildman–Crippen LogP) is 3.46.